The topological polar surface area (TPSA) is 58.2 Å². The molecule has 6 atom stereocenters. The van der Waals surface area contributed by atoms with Gasteiger partial charge >= 0.3 is 11.4 Å². The van der Waals surface area contributed by atoms with Gasteiger partial charge in [0.15, 0.2) is 0 Å². The van der Waals surface area contributed by atoms with Crippen LogP contribution in [0.1, 0.15) is 12.1 Å². The molecule has 6 aliphatic rings. The average molecular weight is 323 g/mol. The Bertz CT molecular complexity index is 977. The van der Waals surface area contributed by atoms with Gasteiger partial charge in [-0.2, -0.15) is 0 Å². The maximum Gasteiger partial charge on any atom is 0.352 e. The van der Waals surface area contributed by atoms with E-state index in [2.05, 4.69) is 0 Å². The number of para-hydroxylation sites is 1. The van der Waals surface area contributed by atoms with Crippen LogP contribution in [0.15, 0.2) is 39.9 Å². The molecule has 0 saturated heterocycles. The fraction of sp³-hybridized carbons (Fsp3) is 0.556. The Kier molecular flexibility index (Phi) is 1.71. The highest BCUT2D eigenvalue weighted by Crippen LogP contribution is 2.97. The second kappa shape index (κ2) is 3.33. The van der Waals surface area contributed by atoms with E-state index >= 15 is 0 Å². The Morgan fingerprint density at radius 1 is 0.958 bits per heavy atom. The smallest absolute Gasteiger partial charge is 0.352 e. The van der Waals surface area contributed by atoms with E-state index in [-0.39, 0.29) is 28.9 Å². The minimum atomic E-state index is -0.163. The highest BCUT2D eigenvalue weighted by molar-refractivity contribution is 5.44. The highest BCUT2D eigenvalue weighted by atomic mass is 16.5. The van der Waals surface area contributed by atoms with Crippen LogP contribution in [0.5, 0.6) is 0 Å². The van der Waals surface area contributed by atoms with Crippen molar-refractivity contribution in [3.05, 3.63) is 51.3 Å². The molecule has 122 valence electrons. The van der Waals surface area contributed by atoms with E-state index in [1.165, 1.54) is 4.57 Å². The first-order valence-corrected chi connectivity index (χ1v) is 8.74. The molecule has 0 radical (unpaired) electrons. The summed E-state index contributed by atoms with van der Waals surface area (Å²) in [6, 6.07) is 9.72. The zero-order valence-electron chi connectivity index (χ0n) is 13.2. The Hall–Kier alpha value is -2.08. The summed E-state index contributed by atoms with van der Waals surface area (Å²) in [5.41, 5.74) is 0.609. The normalized spacial score (nSPS) is 47.0. The van der Waals surface area contributed by atoms with E-state index in [1.807, 2.05) is 39.7 Å². The molecular weight excluding hydrogens is 306 g/mol. The van der Waals surface area contributed by atoms with Gasteiger partial charge in [0.2, 0.25) is 0 Å². The second-order valence-corrected chi connectivity index (χ2v) is 8.18. The Labute approximate surface area is 137 Å². The van der Waals surface area contributed by atoms with Gasteiger partial charge < -0.3 is 4.74 Å². The number of nitrogens with zero attached hydrogens (tertiary/aromatic N) is 3. The predicted molar refractivity (Wildman–Crippen MR) is 84.1 cm³/mol. The zero-order chi connectivity index (χ0) is 16.0. The molecule has 8 rings (SSSR count). The molecule has 0 amide bonds. The molecule has 0 spiro atoms. The predicted octanol–water partition coefficient (Wildman–Crippen LogP) is 0.665. The third kappa shape index (κ3) is 0.922. The molecular formula is C18H17N3O3. The minimum absolute atomic E-state index is 0.163. The lowest BCUT2D eigenvalue weighted by atomic mass is 9.89. The standard InChI is InChI=1S/C18H17N3O3/c1-24-7-18-11-9-10(11)15-13(18)12(18)14(9)20-16(22)19(17(23)21(15)20)8-5-3-2-4-6-8/h2-6,9-15H,7H2,1H3. The Morgan fingerprint density at radius 2 is 1.54 bits per heavy atom. The molecule has 4 aliphatic carbocycles. The molecule has 2 bridgehead atoms. The van der Waals surface area contributed by atoms with Crippen molar-refractivity contribution in [3.8, 4) is 5.69 Å². The first-order valence-electron chi connectivity index (χ1n) is 8.74. The van der Waals surface area contributed by atoms with Crippen molar-refractivity contribution >= 4 is 0 Å². The number of hydrogen-bond acceptors (Lipinski definition) is 3. The SMILES string of the molecule is COCC12C3C4C3C3C1C2C4n1c(=O)n(-c2ccccc2)c(=O)n13. The fourth-order valence-corrected chi connectivity index (χ4v) is 7.44. The van der Waals surface area contributed by atoms with E-state index in [0.717, 1.165) is 6.61 Å². The molecule has 6 unspecified atom stereocenters. The van der Waals surface area contributed by atoms with Crippen LogP contribution in [-0.2, 0) is 4.74 Å². The van der Waals surface area contributed by atoms with E-state index < -0.39 is 0 Å². The van der Waals surface area contributed by atoms with Crippen LogP contribution in [0, 0.1) is 35.0 Å². The molecule has 2 aliphatic heterocycles. The van der Waals surface area contributed by atoms with Gasteiger partial charge in [-0.15, -0.1) is 0 Å². The first kappa shape index (κ1) is 12.3. The van der Waals surface area contributed by atoms with Crippen LogP contribution in [0.25, 0.3) is 5.69 Å². The van der Waals surface area contributed by atoms with E-state index in [0.29, 0.717) is 35.3 Å². The maximum absolute atomic E-state index is 13.1. The Morgan fingerprint density at radius 3 is 2.08 bits per heavy atom. The van der Waals surface area contributed by atoms with Crippen LogP contribution < -0.4 is 11.4 Å². The summed E-state index contributed by atoms with van der Waals surface area (Å²) in [5, 5.41) is 0. The van der Waals surface area contributed by atoms with Gasteiger partial charge in [-0.25, -0.2) is 23.5 Å². The minimum Gasteiger partial charge on any atom is -0.384 e. The summed E-state index contributed by atoms with van der Waals surface area (Å²) in [6.07, 6.45) is 0. The summed E-state index contributed by atoms with van der Waals surface area (Å²) in [4.78, 5) is 26.2. The molecule has 0 N–H and O–H groups in total. The number of aromatic nitrogens is 3. The van der Waals surface area contributed by atoms with Crippen LogP contribution >= 0.6 is 0 Å². The third-order valence-corrected chi connectivity index (χ3v) is 7.78. The molecule has 6 heteroatoms. The second-order valence-electron chi connectivity index (χ2n) is 8.18. The Balaban J connectivity index is 1.49. The van der Waals surface area contributed by atoms with Gasteiger partial charge in [0.1, 0.15) is 0 Å². The molecule has 6 nitrogen and oxygen atoms in total. The van der Waals surface area contributed by atoms with Crippen molar-refractivity contribution in [2.75, 3.05) is 13.7 Å². The van der Waals surface area contributed by atoms with Crippen molar-refractivity contribution in [1.29, 1.82) is 0 Å². The molecule has 1 aromatic heterocycles. The van der Waals surface area contributed by atoms with Crippen molar-refractivity contribution in [3.63, 3.8) is 0 Å². The van der Waals surface area contributed by atoms with Gasteiger partial charge in [-0.05, 0) is 41.7 Å². The van der Waals surface area contributed by atoms with Gasteiger partial charge in [0.05, 0.1) is 24.4 Å². The van der Waals surface area contributed by atoms with Gasteiger partial charge in [0, 0.05) is 12.5 Å². The molecule has 2 aromatic rings. The van der Waals surface area contributed by atoms with E-state index in [9.17, 15) is 9.59 Å². The number of hydrogen-bond donors (Lipinski definition) is 0. The fourth-order valence-electron chi connectivity index (χ4n) is 7.44. The summed E-state index contributed by atoms with van der Waals surface area (Å²) >= 11 is 0. The molecule has 1 aromatic carbocycles. The van der Waals surface area contributed by atoms with E-state index in [1.54, 1.807) is 7.11 Å². The highest BCUT2D eigenvalue weighted by Gasteiger charge is 2.97. The molecule has 4 fully saturated rings. The van der Waals surface area contributed by atoms with Crippen molar-refractivity contribution in [1.82, 2.24) is 13.9 Å². The lowest BCUT2D eigenvalue weighted by Crippen LogP contribution is -2.45. The number of ether oxygens (including phenoxy) is 1. The van der Waals surface area contributed by atoms with Crippen molar-refractivity contribution < 1.29 is 4.74 Å². The van der Waals surface area contributed by atoms with Crippen molar-refractivity contribution in [2.24, 2.45) is 35.0 Å². The monoisotopic (exact) mass is 323 g/mol. The summed E-state index contributed by atoms with van der Waals surface area (Å²) in [7, 11) is 1.77. The lowest BCUT2D eigenvalue weighted by Gasteiger charge is -2.36. The number of benzene rings is 1. The maximum atomic E-state index is 13.1. The van der Waals surface area contributed by atoms with Gasteiger partial charge in [-0.1, -0.05) is 18.2 Å². The van der Waals surface area contributed by atoms with Crippen LogP contribution in [0.3, 0.4) is 0 Å². The molecule has 24 heavy (non-hydrogen) atoms. The summed E-state index contributed by atoms with van der Waals surface area (Å²) < 4.78 is 10.5. The van der Waals surface area contributed by atoms with Crippen LogP contribution in [-0.4, -0.2) is 27.6 Å². The number of methoxy groups -OCH3 is 1. The first-order chi connectivity index (χ1) is 11.7. The van der Waals surface area contributed by atoms with Crippen molar-refractivity contribution in [2.45, 2.75) is 12.1 Å². The zero-order valence-corrected chi connectivity index (χ0v) is 13.2. The van der Waals surface area contributed by atoms with Crippen LogP contribution in [0.4, 0.5) is 0 Å². The average Bonchev–Trinajstić information content (AvgIpc) is 3.41. The number of rotatable bonds is 3. The quantitative estimate of drug-likeness (QED) is 0.834. The van der Waals surface area contributed by atoms with Crippen LogP contribution in [0.2, 0.25) is 0 Å². The molecule has 3 heterocycles. The van der Waals surface area contributed by atoms with E-state index in [4.69, 9.17) is 4.74 Å². The summed E-state index contributed by atoms with van der Waals surface area (Å²) in [6.45, 7) is 0.791. The largest absolute Gasteiger partial charge is 0.384 e. The van der Waals surface area contributed by atoms with Gasteiger partial charge in [-0.3, -0.25) is 0 Å². The lowest BCUT2D eigenvalue weighted by molar-refractivity contribution is 0.112. The third-order valence-electron chi connectivity index (χ3n) is 7.78. The molecule has 4 saturated carbocycles. The van der Waals surface area contributed by atoms with Gasteiger partial charge in [0.25, 0.3) is 0 Å². The summed E-state index contributed by atoms with van der Waals surface area (Å²) in [5.74, 6) is 2.98.